The molecule has 1 aromatic carbocycles. The van der Waals surface area contributed by atoms with Crippen LogP contribution in [-0.2, 0) is 6.42 Å². The quantitative estimate of drug-likeness (QED) is 0.741. The van der Waals surface area contributed by atoms with Crippen LogP contribution in [0.4, 0.5) is 0 Å². The van der Waals surface area contributed by atoms with Gasteiger partial charge in [0.2, 0.25) is 0 Å². The van der Waals surface area contributed by atoms with Crippen LogP contribution >= 0.6 is 0 Å². The molecule has 0 amide bonds. The maximum absolute atomic E-state index is 5.73. The Morgan fingerprint density at radius 2 is 2.00 bits per heavy atom. The molecule has 0 unspecified atom stereocenters. The van der Waals surface area contributed by atoms with Crippen molar-refractivity contribution in [2.75, 3.05) is 13.1 Å². The smallest absolute Gasteiger partial charge is 0.122 e. The number of hydrogen-bond acceptors (Lipinski definition) is 3. The fourth-order valence-corrected chi connectivity index (χ4v) is 1.38. The minimum Gasteiger partial charge on any atom is -0.489 e. The molecule has 0 aliphatic rings. The Bertz CT molecular complexity index is 289. The van der Waals surface area contributed by atoms with Gasteiger partial charge in [0.15, 0.2) is 0 Å². The Balaban J connectivity index is 2.67. The second kappa shape index (κ2) is 6.43. The van der Waals surface area contributed by atoms with E-state index in [1.807, 2.05) is 25.1 Å². The number of para-hydroxylation sites is 1. The van der Waals surface area contributed by atoms with Crippen molar-refractivity contribution in [3.05, 3.63) is 29.8 Å². The van der Waals surface area contributed by atoms with E-state index in [9.17, 15) is 0 Å². The van der Waals surface area contributed by atoms with Gasteiger partial charge in [-0.05, 0) is 37.9 Å². The molecule has 0 aromatic heterocycles. The SMILES string of the molecule is C[C@H](CN)Oc1ccccc1CCCN. The van der Waals surface area contributed by atoms with Gasteiger partial charge < -0.3 is 16.2 Å². The second-order valence-corrected chi connectivity index (χ2v) is 3.66. The van der Waals surface area contributed by atoms with E-state index in [1.165, 1.54) is 5.56 Å². The molecule has 0 heterocycles. The van der Waals surface area contributed by atoms with E-state index < -0.39 is 0 Å². The summed E-state index contributed by atoms with van der Waals surface area (Å²) < 4.78 is 5.73. The largest absolute Gasteiger partial charge is 0.489 e. The Kier molecular flexibility index (Phi) is 5.15. The standard InChI is InChI=1S/C12H20N2O/c1-10(9-14)15-12-7-3-2-5-11(12)6-4-8-13/h2-3,5,7,10H,4,6,8-9,13-14H2,1H3/t10-/m1/s1. The Labute approximate surface area is 91.4 Å². The zero-order valence-corrected chi connectivity index (χ0v) is 9.28. The predicted octanol–water partition coefficient (Wildman–Crippen LogP) is 1.30. The lowest BCUT2D eigenvalue weighted by Gasteiger charge is -2.15. The van der Waals surface area contributed by atoms with E-state index >= 15 is 0 Å². The van der Waals surface area contributed by atoms with E-state index in [4.69, 9.17) is 16.2 Å². The third-order valence-corrected chi connectivity index (χ3v) is 2.28. The summed E-state index contributed by atoms with van der Waals surface area (Å²) in [6.45, 7) is 3.21. The van der Waals surface area contributed by atoms with Crippen molar-refractivity contribution in [3.63, 3.8) is 0 Å². The van der Waals surface area contributed by atoms with Gasteiger partial charge >= 0.3 is 0 Å². The fraction of sp³-hybridized carbons (Fsp3) is 0.500. The Morgan fingerprint density at radius 3 is 2.67 bits per heavy atom. The molecule has 3 nitrogen and oxygen atoms in total. The normalized spacial score (nSPS) is 12.5. The monoisotopic (exact) mass is 208 g/mol. The fourth-order valence-electron chi connectivity index (χ4n) is 1.38. The number of aryl methyl sites for hydroxylation is 1. The molecule has 0 radical (unpaired) electrons. The van der Waals surface area contributed by atoms with Gasteiger partial charge in [0.1, 0.15) is 11.9 Å². The lowest BCUT2D eigenvalue weighted by molar-refractivity contribution is 0.227. The lowest BCUT2D eigenvalue weighted by Crippen LogP contribution is -2.23. The van der Waals surface area contributed by atoms with Gasteiger partial charge in [-0.2, -0.15) is 0 Å². The van der Waals surface area contributed by atoms with Gasteiger partial charge in [0, 0.05) is 6.54 Å². The van der Waals surface area contributed by atoms with Crippen LogP contribution < -0.4 is 16.2 Å². The summed E-state index contributed by atoms with van der Waals surface area (Å²) in [5, 5.41) is 0. The molecule has 1 aromatic rings. The number of nitrogens with two attached hydrogens (primary N) is 2. The first-order chi connectivity index (χ1) is 7.27. The van der Waals surface area contributed by atoms with Crippen molar-refractivity contribution in [1.82, 2.24) is 0 Å². The van der Waals surface area contributed by atoms with Crippen LogP contribution in [0.15, 0.2) is 24.3 Å². The molecule has 0 saturated heterocycles. The van der Waals surface area contributed by atoms with Crippen molar-refractivity contribution in [3.8, 4) is 5.75 Å². The van der Waals surface area contributed by atoms with E-state index in [0.29, 0.717) is 13.1 Å². The molecule has 15 heavy (non-hydrogen) atoms. The highest BCUT2D eigenvalue weighted by Gasteiger charge is 2.05. The number of ether oxygens (including phenoxy) is 1. The van der Waals surface area contributed by atoms with Crippen molar-refractivity contribution >= 4 is 0 Å². The second-order valence-electron chi connectivity index (χ2n) is 3.66. The number of hydrogen-bond donors (Lipinski definition) is 2. The minimum atomic E-state index is 0.0593. The molecule has 1 rings (SSSR count). The molecule has 0 saturated carbocycles. The van der Waals surface area contributed by atoms with Crippen LogP contribution in [0.1, 0.15) is 18.9 Å². The molecule has 1 atom stereocenters. The van der Waals surface area contributed by atoms with Crippen LogP contribution in [0, 0.1) is 0 Å². The number of rotatable bonds is 6. The van der Waals surface area contributed by atoms with Crippen molar-refractivity contribution in [1.29, 1.82) is 0 Å². The Hall–Kier alpha value is -1.06. The van der Waals surface area contributed by atoms with Gasteiger partial charge in [-0.15, -0.1) is 0 Å². The zero-order valence-electron chi connectivity index (χ0n) is 9.28. The van der Waals surface area contributed by atoms with Crippen LogP contribution in [0.5, 0.6) is 5.75 Å². The first-order valence-electron chi connectivity index (χ1n) is 5.42. The topological polar surface area (TPSA) is 61.3 Å². The minimum absolute atomic E-state index is 0.0593. The maximum Gasteiger partial charge on any atom is 0.122 e. The van der Waals surface area contributed by atoms with E-state index in [-0.39, 0.29) is 6.10 Å². The van der Waals surface area contributed by atoms with Gasteiger partial charge in [0.05, 0.1) is 0 Å². The molecule has 0 fully saturated rings. The third kappa shape index (κ3) is 3.90. The Morgan fingerprint density at radius 1 is 1.27 bits per heavy atom. The van der Waals surface area contributed by atoms with Crippen LogP contribution in [-0.4, -0.2) is 19.2 Å². The van der Waals surface area contributed by atoms with Gasteiger partial charge in [-0.25, -0.2) is 0 Å². The highest BCUT2D eigenvalue weighted by Crippen LogP contribution is 2.20. The van der Waals surface area contributed by atoms with Gasteiger partial charge in [0.25, 0.3) is 0 Å². The van der Waals surface area contributed by atoms with Gasteiger partial charge in [-0.1, -0.05) is 18.2 Å². The van der Waals surface area contributed by atoms with Gasteiger partial charge in [-0.3, -0.25) is 0 Å². The molecule has 4 N–H and O–H groups in total. The third-order valence-electron chi connectivity index (χ3n) is 2.28. The molecular formula is C12H20N2O. The molecule has 3 heteroatoms. The number of benzene rings is 1. The summed E-state index contributed by atoms with van der Waals surface area (Å²) in [7, 11) is 0. The average molecular weight is 208 g/mol. The average Bonchev–Trinajstić information content (AvgIpc) is 2.28. The van der Waals surface area contributed by atoms with Crippen LogP contribution in [0.25, 0.3) is 0 Å². The summed E-state index contributed by atoms with van der Waals surface area (Å²) in [4.78, 5) is 0. The van der Waals surface area contributed by atoms with E-state index in [1.54, 1.807) is 0 Å². The zero-order chi connectivity index (χ0) is 11.1. The summed E-state index contributed by atoms with van der Waals surface area (Å²) in [6.07, 6.45) is 2.01. The first kappa shape index (κ1) is 12.0. The van der Waals surface area contributed by atoms with Crippen LogP contribution in [0.3, 0.4) is 0 Å². The molecule has 84 valence electrons. The summed E-state index contributed by atoms with van der Waals surface area (Å²) in [5.74, 6) is 0.934. The lowest BCUT2D eigenvalue weighted by atomic mass is 10.1. The molecule has 0 aliphatic carbocycles. The summed E-state index contributed by atoms with van der Waals surface area (Å²) in [5.41, 5.74) is 12.2. The molecule has 0 aliphatic heterocycles. The summed E-state index contributed by atoms with van der Waals surface area (Å²) >= 11 is 0. The predicted molar refractivity (Wildman–Crippen MR) is 63.0 cm³/mol. The molecule has 0 spiro atoms. The molecular weight excluding hydrogens is 188 g/mol. The van der Waals surface area contributed by atoms with Crippen LogP contribution in [0.2, 0.25) is 0 Å². The van der Waals surface area contributed by atoms with Crippen molar-refractivity contribution in [2.45, 2.75) is 25.9 Å². The van der Waals surface area contributed by atoms with E-state index in [2.05, 4.69) is 6.07 Å². The van der Waals surface area contributed by atoms with Crippen molar-refractivity contribution < 1.29 is 4.74 Å². The highest BCUT2D eigenvalue weighted by molar-refractivity contribution is 5.33. The highest BCUT2D eigenvalue weighted by atomic mass is 16.5. The summed E-state index contributed by atoms with van der Waals surface area (Å²) in [6, 6.07) is 8.06. The molecule has 0 bridgehead atoms. The first-order valence-corrected chi connectivity index (χ1v) is 5.42. The van der Waals surface area contributed by atoms with E-state index in [0.717, 1.165) is 18.6 Å². The van der Waals surface area contributed by atoms with Crippen molar-refractivity contribution in [2.24, 2.45) is 11.5 Å². The maximum atomic E-state index is 5.73.